The molecule has 0 bridgehead atoms. The summed E-state index contributed by atoms with van der Waals surface area (Å²) in [6.45, 7) is 2.97. The molecule has 17 heavy (non-hydrogen) atoms. The summed E-state index contributed by atoms with van der Waals surface area (Å²) >= 11 is 1.74. The van der Waals surface area contributed by atoms with Crippen LogP contribution in [0.4, 0.5) is 0 Å². The van der Waals surface area contributed by atoms with E-state index in [0.717, 1.165) is 17.9 Å². The van der Waals surface area contributed by atoms with E-state index in [-0.39, 0.29) is 0 Å². The predicted octanol–water partition coefficient (Wildman–Crippen LogP) is 3.00. The first kappa shape index (κ1) is 10.7. The molecular weight excluding hydrogens is 230 g/mol. The van der Waals surface area contributed by atoms with Crippen molar-refractivity contribution in [1.29, 1.82) is 0 Å². The molecule has 1 atom stereocenters. The zero-order chi connectivity index (χ0) is 11.8. The molecule has 2 N–H and O–H groups in total. The Balaban J connectivity index is 2.12. The van der Waals surface area contributed by atoms with Crippen molar-refractivity contribution in [2.24, 2.45) is 5.73 Å². The normalized spacial score (nSPS) is 13.5. The van der Waals surface area contributed by atoms with Gasteiger partial charge in [-0.2, -0.15) is 0 Å². The Hall–Kier alpha value is -1.39. The topological polar surface area (TPSA) is 43.3 Å². The molecule has 3 nitrogen and oxygen atoms in total. The Morgan fingerprint density at radius 1 is 1.47 bits per heavy atom. The minimum atomic E-state index is 0.527. The van der Waals surface area contributed by atoms with Crippen LogP contribution >= 0.6 is 11.3 Å². The standard InChI is InChI=1S/C13H15N3S/c1-9(4-5-14)10-2-3-11-12(8-10)17-13-15-6-7-16(11)13/h2-3,6-9H,4-5,14H2,1H3. The number of hydrogen-bond donors (Lipinski definition) is 1. The van der Waals surface area contributed by atoms with Gasteiger partial charge in [-0.3, -0.25) is 4.40 Å². The Kier molecular flexibility index (Phi) is 2.61. The van der Waals surface area contributed by atoms with Gasteiger partial charge in [0.25, 0.3) is 0 Å². The van der Waals surface area contributed by atoms with Crippen LogP contribution in [0.15, 0.2) is 30.6 Å². The van der Waals surface area contributed by atoms with Gasteiger partial charge in [0.05, 0.1) is 10.2 Å². The van der Waals surface area contributed by atoms with Crippen molar-refractivity contribution in [3.63, 3.8) is 0 Å². The molecule has 1 aromatic carbocycles. The fourth-order valence-electron chi connectivity index (χ4n) is 2.18. The van der Waals surface area contributed by atoms with Crippen LogP contribution in [0.5, 0.6) is 0 Å². The third-order valence-electron chi connectivity index (χ3n) is 3.22. The lowest BCUT2D eigenvalue weighted by Gasteiger charge is -2.09. The molecule has 3 aromatic rings. The molecule has 88 valence electrons. The first-order valence-electron chi connectivity index (χ1n) is 5.85. The van der Waals surface area contributed by atoms with Gasteiger partial charge in [0.2, 0.25) is 0 Å². The van der Waals surface area contributed by atoms with Crippen LogP contribution < -0.4 is 5.73 Å². The van der Waals surface area contributed by atoms with Crippen molar-refractivity contribution in [1.82, 2.24) is 9.38 Å². The van der Waals surface area contributed by atoms with Crippen LogP contribution in [-0.4, -0.2) is 15.9 Å². The van der Waals surface area contributed by atoms with Crippen molar-refractivity contribution in [2.45, 2.75) is 19.3 Å². The molecular formula is C13H15N3S. The third kappa shape index (κ3) is 1.73. The lowest BCUT2D eigenvalue weighted by atomic mass is 9.98. The van der Waals surface area contributed by atoms with E-state index in [2.05, 4.69) is 34.5 Å². The monoisotopic (exact) mass is 245 g/mol. The maximum absolute atomic E-state index is 5.61. The fraction of sp³-hybridized carbons (Fsp3) is 0.308. The maximum Gasteiger partial charge on any atom is 0.194 e. The Labute approximate surface area is 104 Å². The molecule has 0 saturated heterocycles. The van der Waals surface area contributed by atoms with Gasteiger partial charge < -0.3 is 5.73 Å². The van der Waals surface area contributed by atoms with Gasteiger partial charge in [-0.25, -0.2) is 4.98 Å². The number of fused-ring (bicyclic) bond motifs is 3. The summed E-state index contributed by atoms with van der Waals surface area (Å²) in [4.78, 5) is 5.39. The van der Waals surface area contributed by atoms with E-state index in [0.29, 0.717) is 5.92 Å². The van der Waals surface area contributed by atoms with Gasteiger partial charge >= 0.3 is 0 Å². The highest BCUT2D eigenvalue weighted by molar-refractivity contribution is 7.23. The molecule has 0 saturated carbocycles. The van der Waals surface area contributed by atoms with Crippen LogP contribution in [-0.2, 0) is 0 Å². The number of imidazole rings is 1. The first-order valence-corrected chi connectivity index (χ1v) is 6.67. The molecule has 3 rings (SSSR count). The van der Waals surface area contributed by atoms with E-state index < -0.39 is 0 Å². The van der Waals surface area contributed by atoms with Crippen LogP contribution in [0.1, 0.15) is 24.8 Å². The van der Waals surface area contributed by atoms with E-state index in [4.69, 9.17) is 5.73 Å². The van der Waals surface area contributed by atoms with E-state index in [1.165, 1.54) is 15.8 Å². The molecule has 1 unspecified atom stereocenters. The lowest BCUT2D eigenvalue weighted by molar-refractivity contribution is 0.691. The maximum atomic E-state index is 5.61. The van der Waals surface area contributed by atoms with Gasteiger partial charge in [0.1, 0.15) is 0 Å². The zero-order valence-corrected chi connectivity index (χ0v) is 10.6. The largest absolute Gasteiger partial charge is 0.330 e. The molecule has 0 aliphatic heterocycles. The van der Waals surface area contributed by atoms with E-state index in [1.807, 2.05) is 12.4 Å². The van der Waals surface area contributed by atoms with Crippen LogP contribution in [0.3, 0.4) is 0 Å². The van der Waals surface area contributed by atoms with Crippen molar-refractivity contribution >= 4 is 26.5 Å². The predicted molar refractivity (Wildman–Crippen MR) is 72.7 cm³/mol. The molecule has 0 spiro atoms. The average Bonchev–Trinajstić information content (AvgIpc) is 2.88. The van der Waals surface area contributed by atoms with Gasteiger partial charge in [0.15, 0.2) is 4.96 Å². The van der Waals surface area contributed by atoms with Gasteiger partial charge in [-0.1, -0.05) is 24.3 Å². The Bertz CT molecular complexity index is 653. The smallest absolute Gasteiger partial charge is 0.194 e. The Morgan fingerprint density at radius 2 is 2.35 bits per heavy atom. The van der Waals surface area contributed by atoms with E-state index in [1.54, 1.807) is 11.3 Å². The number of aromatic nitrogens is 2. The molecule has 0 radical (unpaired) electrons. The second-order valence-corrected chi connectivity index (χ2v) is 5.40. The summed E-state index contributed by atoms with van der Waals surface area (Å²) in [6, 6.07) is 6.66. The molecule has 2 aromatic heterocycles. The second-order valence-electron chi connectivity index (χ2n) is 4.39. The average molecular weight is 245 g/mol. The number of nitrogens with two attached hydrogens (primary N) is 1. The third-order valence-corrected chi connectivity index (χ3v) is 4.25. The minimum Gasteiger partial charge on any atom is -0.330 e. The number of thiazole rings is 1. The summed E-state index contributed by atoms with van der Waals surface area (Å²) < 4.78 is 3.44. The van der Waals surface area contributed by atoms with Crippen LogP contribution in [0.2, 0.25) is 0 Å². The lowest BCUT2D eigenvalue weighted by Crippen LogP contribution is -2.04. The number of benzene rings is 1. The first-order chi connectivity index (χ1) is 8.29. The van der Waals surface area contributed by atoms with Crippen molar-refractivity contribution in [3.8, 4) is 0 Å². The second kappa shape index (κ2) is 4.13. The van der Waals surface area contributed by atoms with E-state index in [9.17, 15) is 0 Å². The number of rotatable bonds is 3. The SMILES string of the molecule is CC(CCN)c1ccc2c(c1)sc1nccn12. The van der Waals surface area contributed by atoms with Crippen molar-refractivity contribution in [3.05, 3.63) is 36.2 Å². The highest BCUT2D eigenvalue weighted by atomic mass is 32.1. The summed E-state index contributed by atoms with van der Waals surface area (Å²) in [6.07, 6.45) is 4.89. The van der Waals surface area contributed by atoms with Gasteiger partial charge in [0, 0.05) is 12.4 Å². The van der Waals surface area contributed by atoms with E-state index >= 15 is 0 Å². The molecule has 0 aliphatic carbocycles. The number of hydrogen-bond acceptors (Lipinski definition) is 3. The number of nitrogens with zero attached hydrogens (tertiary/aromatic N) is 2. The summed E-state index contributed by atoms with van der Waals surface area (Å²) in [5.41, 5.74) is 8.22. The molecule has 0 amide bonds. The molecule has 4 heteroatoms. The van der Waals surface area contributed by atoms with Crippen molar-refractivity contribution in [2.75, 3.05) is 6.54 Å². The minimum absolute atomic E-state index is 0.527. The van der Waals surface area contributed by atoms with Crippen molar-refractivity contribution < 1.29 is 0 Å². The summed E-state index contributed by atoms with van der Waals surface area (Å²) in [5, 5.41) is 0. The zero-order valence-electron chi connectivity index (χ0n) is 9.76. The highest BCUT2D eigenvalue weighted by Gasteiger charge is 2.09. The summed E-state index contributed by atoms with van der Waals surface area (Å²) in [7, 11) is 0. The van der Waals surface area contributed by atoms with Gasteiger partial charge in [-0.15, -0.1) is 0 Å². The quantitative estimate of drug-likeness (QED) is 0.771. The molecule has 2 heterocycles. The summed E-state index contributed by atoms with van der Waals surface area (Å²) in [5.74, 6) is 0.527. The molecule has 0 fully saturated rings. The molecule has 0 aliphatic rings. The van der Waals surface area contributed by atoms with Gasteiger partial charge in [-0.05, 0) is 36.6 Å². The Morgan fingerprint density at radius 3 is 3.18 bits per heavy atom. The highest BCUT2D eigenvalue weighted by Crippen LogP contribution is 2.29. The van der Waals surface area contributed by atoms with Crippen LogP contribution in [0.25, 0.3) is 15.2 Å². The van der Waals surface area contributed by atoms with Crippen LogP contribution in [0, 0.1) is 0 Å². The fourth-order valence-corrected chi connectivity index (χ4v) is 3.22.